The Morgan fingerprint density at radius 2 is 1.86 bits per heavy atom. The van der Waals surface area contributed by atoms with Crippen LogP contribution < -0.4 is 10.8 Å². The van der Waals surface area contributed by atoms with Crippen LogP contribution in [0.15, 0.2) is 48.5 Å². The molecule has 1 unspecified atom stereocenters. The van der Waals surface area contributed by atoms with Crippen molar-refractivity contribution < 1.29 is 24.0 Å². The Balaban J connectivity index is 1.70. The largest absolute Gasteiger partial charge is 0.492 e. The van der Waals surface area contributed by atoms with Gasteiger partial charge in [0.25, 0.3) is 5.91 Å². The fourth-order valence-corrected chi connectivity index (χ4v) is 3.40. The van der Waals surface area contributed by atoms with Crippen molar-refractivity contribution in [3.63, 3.8) is 0 Å². The Hall–Kier alpha value is -2.64. The molecule has 2 aromatic carbocycles. The van der Waals surface area contributed by atoms with Crippen LogP contribution in [0.5, 0.6) is 0 Å². The fraction of sp³-hybridized carbons (Fsp3) is 0.364. The third-order valence-electron chi connectivity index (χ3n) is 5.07. The van der Waals surface area contributed by atoms with Crippen molar-refractivity contribution in [1.82, 2.24) is 5.32 Å². The van der Waals surface area contributed by atoms with Crippen molar-refractivity contribution in [3.05, 3.63) is 65.2 Å². The third-order valence-corrected chi connectivity index (χ3v) is 5.07. The molecular weight excluding hydrogens is 369 g/mol. The van der Waals surface area contributed by atoms with E-state index in [1.807, 2.05) is 58.0 Å². The Bertz CT molecular complexity index is 897. The Morgan fingerprint density at radius 3 is 2.52 bits per heavy atom. The molecule has 1 amide bonds. The van der Waals surface area contributed by atoms with E-state index in [0.29, 0.717) is 11.0 Å². The van der Waals surface area contributed by atoms with Gasteiger partial charge < -0.3 is 19.7 Å². The summed E-state index contributed by atoms with van der Waals surface area (Å²) in [4.78, 5) is 25.3. The molecule has 1 aliphatic rings. The van der Waals surface area contributed by atoms with E-state index < -0.39 is 30.6 Å². The molecule has 0 radical (unpaired) electrons. The second-order valence-corrected chi connectivity index (χ2v) is 8.07. The molecule has 6 nitrogen and oxygen atoms in total. The van der Waals surface area contributed by atoms with Crippen LogP contribution in [-0.2, 0) is 26.4 Å². The van der Waals surface area contributed by atoms with Gasteiger partial charge in [-0.25, -0.2) is 4.79 Å². The normalized spacial score (nSPS) is 15.7. The third kappa shape index (κ3) is 4.69. The first-order chi connectivity index (χ1) is 13.7. The first-order valence-corrected chi connectivity index (χ1v) is 9.71. The number of esters is 1. The van der Waals surface area contributed by atoms with Gasteiger partial charge in [0.05, 0.1) is 5.60 Å². The maximum Gasteiger partial charge on any atom is 0.492 e. The zero-order valence-corrected chi connectivity index (χ0v) is 17.1. The number of amides is 1. The number of rotatable bonds is 6. The molecule has 1 aliphatic heterocycles. The predicted octanol–water partition coefficient (Wildman–Crippen LogP) is 2.14. The minimum atomic E-state index is -1.08. The smallest absolute Gasteiger partial charge is 0.459 e. The summed E-state index contributed by atoms with van der Waals surface area (Å²) < 4.78 is 10.9. The molecule has 0 aliphatic carbocycles. The highest BCUT2D eigenvalue weighted by Crippen LogP contribution is 2.29. The van der Waals surface area contributed by atoms with Crippen LogP contribution in [-0.4, -0.2) is 30.1 Å². The van der Waals surface area contributed by atoms with Crippen LogP contribution in [0.1, 0.15) is 49.2 Å². The number of hydrogen-bond acceptors (Lipinski definition) is 5. The fourth-order valence-electron chi connectivity index (χ4n) is 3.40. The number of benzene rings is 2. The minimum Gasteiger partial charge on any atom is -0.459 e. The van der Waals surface area contributed by atoms with Crippen LogP contribution in [0.4, 0.5) is 0 Å². The SMILES string of the molecule is CC(C)C(NC(=O)c1ccc2c(c1)B(O)OC2(C)C)C(=O)OCc1ccccc1. The molecule has 0 aromatic heterocycles. The number of ether oxygens (including phenoxy) is 1. The molecule has 2 N–H and O–H groups in total. The summed E-state index contributed by atoms with van der Waals surface area (Å²) in [7, 11) is -1.08. The maximum absolute atomic E-state index is 12.8. The second kappa shape index (κ2) is 8.39. The van der Waals surface area contributed by atoms with Crippen molar-refractivity contribution in [2.45, 2.75) is 45.9 Å². The molecule has 3 rings (SSSR count). The molecule has 0 saturated heterocycles. The van der Waals surface area contributed by atoms with Crippen molar-refractivity contribution in [1.29, 1.82) is 0 Å². The van der Waals surface area contributed by atoms with Crippen molar-refractivity contribution in [2.24, 2.45) is 5.92 Å². The Kier molecular flexibility index (Phi) is 6.10. The minimum absolute atomic E-state index is 0.149. The van der Waals surface area contributed by atoms with E-state index in [0.717, 1.165) is 11.1 Å². The molecule has 1 atom stereocenters. The van der Waals surface area contributed by atoms with Gasteiger partial charge in [0, 0.05) is 5.56 Å². The van der Waals surface area contributed by atoms with Gasteiger partial charge in [0.1, 0.15) is 12.6 Å². The van der Waals surface area contributed by atoms with Gasteiger partial charge in [-0.3, -0.25) is 4.79 Å². The van der Waals surface area contributed by atoms with E-state index in [9.17, 15) is 14.6 Å². The summed E-state index contributed by atoms with van der Waals surface area (Å²) in [5.41, 5.74) is 2.01. The van der Waals surface area contributed by atoms with E-state index >= 15 is 0 Å². The number of hydrogen-bond donors (Lipinski definition) is 2. The molecule has 2 aromatic rings. The van der Waals surface area contributed by atoms with Crippen LogP contribution in [0.3, 0.4) is 0 Å². The van der Waals surface area contributed by atoms with Crippen molar-refractivity contribution in [2.75, 3.05) is 0 Å². The number of fused-ring (bicyclic) bond motifs is 1. The molecule has 0 saturated carbocycles. The number of nitrogens with one attached hydrogen (secondary N) is 1. The van der Waals surface area contributed by atoms with Gasteiger partial charge in [0.2, 0.25) is 0 Å². The number of carbonyl (C=O) groups excluding carboxylic acids is 2. The molecule has 0 bridgehead atoms. The van der Waals surface area contributed by atoms with Gasteiger partial charge in [-0.2, -0.15) is 0 Å². The Labute approximate surface area is 171 Å². The molecule has 152 valence electrons. The highest BCUT2D eigenvalue weighted by Gasteiger charge is 2.41. The van der Waals surface area contributed by atoms with Gasteiger partial charge >= 0.3 is 13.1 Å². The van der Waals surface area contributed by atoms with E-state index in [1.165, 1.54) is 0 Å². The van der Waals surface area contributed by atoms with Gasteiger partial charge in [-0.05, 0) is 48.5 Å². The first kappa shape index (κ1) is 21.1. The molecule has 29 heavy (non-hydrogen) atoms. The number of carbonyl (C=O) groups is 2. The Morgan fingerprint density at radius 1 is 1.17 bits per heavy atom. The van der Waals surface area contributed by atoms with Crippen molar-refractivity contribution in [3.8, 4) is 0 Å². The topological polar surface area (TPSA) is 84.9 Å². The zero-order valence-electron chi connectivity index (χ0n) is 17.1. The molecule has 0 spiro atoms. The molecule has 7 heteroatoms. The lowest BCUT2D eigenvalue weighted by Crippen LogP contribution is -2.45. The van der Waals surface area contributed by atoms with Crippen LogP contribution in [0, 0.1) is 5.92 Å². The van der Waals surface area contributed by atoms with E-state index in [4.69, 9.17) is 9.39 Å². The summed E-state index contributed by atoms with van der Waals surface area (Å²) in [6, 6.07) is 13.7. The summed E-state index contributed by atoms with van der Waals surface area (Å²) in [5, 5.41) is 12.9. The van der Waals surface area contributed by atoms with E-state index in [2.05, 4.69) is 5.32 Å². The van der Waals surface area contributed by atoms with Gasteiger partial charge in [-0.1, -0.05) is 50.2 Å². The lowest BCUT2D eigenvalue weighted by atomic mass is 9.77. The highest BCUT2D eigenvalue weighted by atomic mass is 16.5. The predicted molar refractivity (Wildman–Crippen MR) is 110 cm³/mol. The monoisotopic (exact) mass is 395 g/mol. The summed E-state index contributed by atoms with van der Waals surface area (Å²) >= 11 is 0. The molecular formula is C22H26BNO5. The summed E-state index contributed by atoms with van der Waals surface area (Å²) in [6.07, 6.45) is 0. The lowest BCUT2D eigenvalue weighted by molar-refractivity contribution is -0.148. The highest BCUT2D eigenvalue weighted by molar-refractivity contribution is 6.62. The van der Waals surface area contributed by atoms with E-state index in [-0.39, 0.29) is 12.5 Å². The average molecular weight is 395 g/mol. The van der Waals surface area contributed by atoms with Crippen LogP contribution in [0.25, 0.3) is 0 Å². The quantitative estimate of drug-likeness (QED) is 0.578. The maximum atomic E-state index is 12.8. The van der Waals surface area contributed by atoms with Gasteiger partial charge in [-0.15, -0.1) is 0 Å². The zero-order chi connectivity index (χ0) is 21.2. The van der Waals surface area contributed by atoms with E-state index in [1.54, 1.807) is 18.2 Å². The summed E-state index contributed by atoms with van der Waals surface area (Å²) in [5.74, 6) is -1.03. The van der Waals surface area contributed by atoms with Crippen LogP contribution >= 0.6 is 0 Å². The van der Waals surface area contributed by atoms with Crippen molar-refractivity contribution >= 4 is 24.5 Å². The lowest BCUT2D eigenvalue weighted by Gasteiger charge is -2.21. The summed E-state index contributed by atoms with van der Waals surface area (Å²) in [6.45, 7) is 7.56. The second-order valence-electron chi connectivity index (χ2n) is 8.07. The molecule has 1 heterocycles. The average Bonchev–Trinajstić information content (AvgIpc) is 2.92. The standard InChI is InChI=1S/C22H26BNO5/c1-14(2)19(21(26)28-13-15-8-6-5-7-9-15)24-20(25)16-10-11-17-18(12-16)23(27)29-22(17,3)4/h5-12,14,19,27H,13H2,1-4H3,(H,24,25). The molecule has 0 fully saturated rings. The first-order valence-electron chi connectivity index (χ1n) is 9.71. The van der Waals surface area contributed by atoms with Gasteiger partial charge in [0.15, 0.2) is 0 Å². The van der Waals surface area contributed by atoms with Crippen LogP contribution in [0.2, 0.25) is 0 Å².